The van der Waals surface area contributed by atoms with Crippen molar-refractivity contribution in [1.29, 1.82) is 0 Å². The van der Waals surface area contributed by atoms with E-state index in [1.54, 1.807) is 0 Å². The fourth-order valence-electron chi connectivity index (χ4n) is 6.69. The number of benzene rings is 2. The second-order valence-corrected chi connectivity index (χ2v) is 12.7. The average Bonchev–Trinajstić information content (AvgIpc) is 3.31. The van der Waals surface area contributed by atoms with E-state index in [1.807, 2.05) is 0 Å². The fraction of sp³-hybridized carbons (Fsp3) is 0.462. The van der Waals surface area contributed by atoms with E-state index < -0.39 is 0 Å². The molecule has 2 aromatic carbocycles. The van der Waals surface area contributed by atoms with Gasteiger partial charge in [-0.25, -0.2) is 0 Å². The number of fused-ring (bicyclic) bond motifs is 2. The lowest BCUT2D eigenvalue weighted by molar-refractivity contribution is -0.433. The zero-order valence-corrected chi connectivity index (χ0v) is 27.1. The highest BCUT2D eigenvalue weighted by atomic mass is 15.2. The molecule has 0 aliphatic carbocycles. The summed E-state index contributed by atoms with van der Waals surface area (Å²) in [6.45, 7) is 20.5. The number of hydrogen-bond acceptors (Lipinski definition) is 1. The van der Waals surface area contributed by atoms with Crippen molar-refractivity contribution in [3.8, 4) is 0 Å². The number of rotatable bonds is 12. The van der Waals surface area contributed by atoms with E-state index in [4.69, 9.17) is 0 Å². The molecule has 2 nitrogen and oxygen atoms in total. The number of likely N-dealkylation sites (N-methyl/N-ethyl adjacent to an activating group) is 1. The van der Waals surface area contributed by atoms with Gasteiger partial charge in [-0.15, -0.1) is 0 Å². The molecule has 0 aromatic heterocycles. The van der Waals surface area contributed by atoms with Gasteiger partial charge >= 0.3 is 0 Å². The van der Waals surface area contributed by atoms with Crippen LogP contribution >= 0.6 is 0 Å². The summed E-state index contributed by atoms with van der Waals surface area (Å²) in [4.78, 5) is 2.48. The lowest BCUT2D eigenvalue weighted by Gasteiger charge is -2.25. The summed E-state index contributed by atoms with van der Waals surface area (Å²) in [5.74, 6) is 0. The molecule has 0 fully saturated rings. The zero-order chi connectivity index (χ0) is 29.6. The first-order valence-electron chi connectivity index (χ1n) is 16.1. The highest BCUT2D eigenvalue weighted by Gasteiger charge is 2.43. The number of hydrogen-bond donors (Lipinski definition) is 0. The molecule has 2 aromatic rings. The van der Waals surface area contributed by atoms with Crippen molar-refractivity contribution in [2.24, 2.45) is 0 Å². The van der Waals surface area contributed by atoms with Crippen LogP contribution in [0, 0.1) is 0 Å². The first-order valence-corrected chi connectivity index (χ1v) is 16.1. The molecule has 41 heavy (non-hydrogen) atoms. The summed E-state index contributed by atoms with van der Waals surface area (Å²) >= 11 is 0. The van der Waals surface area contributed by atoms with E-state index in [1.165, 1.54) is 83.6 Å². The molecular formula is C39H53N2+. The van der Waals surface area contributed by atoms with Crippen LogP contribution in [-0.2, 0) is 23.7 Å². The number of anilines is 1. The van der Waals surface area contributed by atoms with Crippen molar-refractivity contribution in [2.75, 3.05) is 18.0 Å². The Balaban J connectivity index is 1.48. The van der Waals surface area contributed by atoms with Gasteiger partial charge in [0.2, 0.25) is 5.69 Å². The second kappa shape index (κ2) is 13.2. The normalized spacial score (nSPS) is 18.5. The van der Waals surface area contributed by atoms with Crippen molar-refractivity contribution < 1.29 is 4.58 Å². The maximum Gasteiger partial charge on any atom is 0.209 e. The molecule has 2 aliphatic rings. The van der Waals surface area contributed by atoms with Gasteiger partial charge in [-0.1, -0.05) is 89.1 Å². The zero-order valence-electron chi connectivity index (χ0n) is 27.1. The Bertz CT molecular complexity index is 1380. The van der Waals surface area contributed by atoms with Crippen LogP contribution in [0.25, 0.3) is 0 Å². The van der Waals surface area contributed by atoms with E-state index in [0.29, 0.717) is 0 Å². The van der Waals surface area contributed by atoms with Gasteiger partial charge in [0.1, 0.15) is 6.54 Å². The van der Waals surface area contributed by atoms with E-state index >= 15 is 0 Å². The van der Waals surface area contributed by atoms with Crippen LogP contribution in [0.4, 0.5) is 11.4 Å². The molecule has 2 heterocycles. The highest BCUT2D eigenvalue weighted by molar-refractivity contribution is 6.03. The van der Waals surface area contributed by atoms with E-state index in [9.17, 15) is 0 Å². The van der Waals surface area contributed by atoms with Crippen LogP contribution in [0.15, 0.2) is 84.6 Å². The molecule has 0 bridgehead atoms. The first-order chi connectivity index (χ1) is 19.7. The molecule has 2 aliphatic heterocycles. The number of allylic oxidation sites excluding steroid dienone is 8. The SMILES string of the molecule is CCCCc1ccc2c(c1)C(C)(C)C(/C=C/C=C/C=C/C=C1/N(CC)c3ccc(CCCC)cc3C1(C)C)=[N+]2CC. The molecule has 0 saturated heterocycles. The summed E-state index contributed by atoms with van der Waals surface area (Å²) in [5.41, 5.74) is 11.3. The van der Waals surface area contributed by atoms with Crippen LogP contribution in [0.5, 0.6) is 0 Å². The summed E-state index contributed by atoms with van der Waals surface area (Å²) in [6, 6.07) is 14.2. The maximum atomic E-state index is 2.48. The topological polar surface area (TPSA) is 6.25 Å². The standard InChI is InChI=1S/C39H53N2/c1-9-13-20-30-24-26-34-32(28-30)38(5,6)36(40(34)11-3)22-18-16-15-17-19-23-37-39(7,8)33-29-31(21-14-10-2)25-27-35(33)41(37)12-4/h15-19,22-29H,9-14,20-21H2,1-8H3/q+1. The van der Waals surface area contributed by atoms with Gasteiger partial charge in [0.15, 0.2) is 5.71 Å². The number of nitrogens with zero attached hydrogens (tertiary/aromatic N) is 2. The Hall–Kier alpha value is -3.13. The lowest BCUT2D eigenvalue weighted by Crippen LogP contribution is -2.27. The Morgan fingerprint density at radius 3 is 1.95 bits per heavy atom. The van der Waals surface area contributed by atoms with Crippen LogP contribution in [0.1, 0.15) is 103 Å². The third kappa shape index (κ3) is 6.22. The van der Waals surface area contributed by atoms with Crippen LogP contribution in [0.3, 0.4) is 0 Å². The summed E-state index contributed by atoms with van der Waals surface area (Å²) < 4.78 is 2.48. The summed E-state index contributed by atoms with van der Waals surface area (Å²) in [6.07, 6.45) is 22.8. The van der Waals surface area contributed by atoms with Crippen LogP contribution < -0.4 is 4.90 Å². The second-order valence-electron chi connectivity index (χ2n) is 12.7. The van der Waals surface area contributed by atoms with Crippen molar-refractivity contribution in [3.63, 3.8) is 0 Å². The molecule has 4 rings (SSSR count). The molecule has 0 amide bonds. The van der Waals surface area contributed by atoms with Gasteiger partial charge in [-0.3, -0.25) is 0 Å². The molecule has 2 heteroatoms. The molecule has 218 valence electrons. The Labute approximate surface area is 250 Å². The molecule has 0 saturated carbocycles. The Morgan fingerprint density at radius 1 is 0.707 bits per heavy atom. The largest absolute Gasteiger partial charge is 0.344 e. The van der Waals surface area contributed by atoms with Gasteiger partial charge in [-0.2, -0.15) is 4.58 Å². The minimum atomic E-state index is 0.00123. The third-order valence-corrected chi connectivity index (χ3v) is 9.14. The van der Waals surface area contributed by atoms with Crippen molar-refractivity contribution >= 4 is 17.1 Å². The first kappa shape index (κ1) is 30.8. The minimum Gasteiger partial charge on any atom is -0.344 e. The average molecular weight is 550 g/mol. The molecule has 0 N–H and O–H groups in total. The summed E-state index contributed by atoms with van der Waals surface area (Å²) in [7, 11) is 0. The van der Waals surface area contributed by atoms with Crippen molar-refractivity contribution in [2.45, 2.75) is 105 Å². The maximum absolute atomic E-state index is 2.48. The predicted molar refractivity (Wildman–Crippen MR) is 180 cm³/mol. The van der Waals surface area contributed by atoms with Gasteiger partial charge in [-0.05, 0) is 88.3 Å². The smallest absolute Gasteiger partial charge is 0.209 e. The molecule has 0 unspecified atom stereocenters. The number of unbranched alkanes of at least 4 members (excludes halogenated alkanes) is 2. The predicted octanol–water partition coefficient (Wildman–Crippen LogP) is 10.1. The molecule has 0 atom stereocenters. The van der Waals surface area contributed by atoms with E-state index in [2.05, 4.69) is 144 Å². The van der Waals surface area contributed by atoms with Gasteiger partial charge in [0.25, 0.3) is 0 Å². The minimum absolute atomic E-state index is 0.00123. The quantitative estimate of drug-likeness (QED) is 0.189. The number of aryl methyl sites for hydroxylation is 2. The van der Waals surface area contributed by atoms with Gasteiger partial charge < -0.3 is 4.90 Å². The Morgan fingerprint density at radius 2 is 1.32 bits per heavy atom. The molecule has 0 spiro atoms. The van der Waals surface area contributed by atoms with E-state index in [-0.39, 0.29) is 10.8 Å². The van der Waals surface area contributed by atoms with Crippen LogP contribution in [-0.4, -0.2) is 23.4 Å². The van der Waals surface area contributed by atoms with Crippen LogP contribution in [0.2, 0.25) is 0 Å². The highest BCUT2D eigenvalue weighted by Crippen LogP contribution is 2.48. The lowest BCUT2D eigenvalue weighted by atomic mass is 9.80. The van der Waals surface area contributed by atoms with Crippen molar-refractivity contribution in [3.05, 3.63) is 107 Å². The summed E-state index contributed by atoms with van der Waals surface area (Å²) in [5, 5.41) is 0. The van der Waals surface area contributed by atoms with Crippen molar-refractivity contribution in [1.82, 2.24) is 0 Å². The van der Waals surface area contributed by atoms with Gasteiger partial charge in [0, 0.05) is 41.1 Å². The third-order valence-electron chi connectivity index (χ3n) is 9.14. The fourth-order valence-corrected chi connectivity index (χ4v) is 6.69. The van der Waals surface area contributed by atoms with E-state index in [0.717, 1.165) is 13.1 Å². The Kier molecular flexibility index (Phi) is 9.95. The monoisotopic (exact) mass is 549 g/mol. The molecule has 0 radical (unpaired) electrons. The molecular weight excluding hydrogens is 496 g/mol. The van der Waals surface area contributed by atoms with Gasteiger partial charge in [0.05, 0.1) is 5.41 Å².